The molecule has 1 aliphatic heterocycles. The molecule has 36 heavy (non-hydrogen) atoms. The molecule has 1 saturated heterocycles. The molecular formula is C25H27F5N4O2. The predicted molar refractivity (Wildman–Crippen MR) is 123 cm³/mol. The largest absolute Gasteiger partial charge is 0.381 e. The molecule has 0 spiro atoms. The van der Waals surface area contributed by atoms with Crippen LogP contribution in [0, 0.1) is 17.7 Å². The number of anilines is 1. The van der Waals surface area contributed by atoms with Gasteiger partial charge in [0, 0.05) is 50.3 Å². The Kier molecular flexibility index (Phi) is 5.70. The number of amides is 1. The summed E-state index contributed by atoms with van der Waals surface area (Å²) in [6.45, 7) is 3.75. The molecule has 3 fully saturated rings. The van der Waals surface area contributed by atoms with Gasteiger partial charge in [0.15, 0.2) is 0 Å². The van der Waals surface area contributed by atoms with Gasteiger partial charge in [0.25, 0.3) is 23.3 Å². The lowest BCUT2D eigenvalue weighted by Gasteiger charge is -2.21. The highest BCUT2D eigenvalue weighted by Gasteiger charge is 2.59. The molecule has 2 saturated carbocycles. The van der Waals surface area contributed by atoms with Crippen LogP contribution in [0.3, 0.4) is 0 Å². The van der Waals surface area contributed by atoms with E-state index in [1.54, 1.807) is 0 Å². The molecule has 11 heteroatoms. The molecule has 1 aromatic carbocycles. The van der Waals surface area contributed by atoms with Crippen LogP contribution in [-0.2, 0) is 5.92 Å². The van der Waals surface area contributed by atoms with Crippen LogP contribution in [0.25, 0.3) is 0 Å². The van der Waals surface area contributed by atoms with Crippen molar-refractivity contribution in [3.63, 3.8) is 0 Å². The van der Waals surface area contributed by atoms with E-state index in [0.717, 1.165) is 36.0 Å². The van der Waals surface area contributed by atoms with Crippen LogP contribution in [-0.4, -0.2) is 47.5 Å². The second-order valence-corrected chi connectivity index (χ2v) is 10.3. The Morgan fingerprint density at radius 2 is 1.86 bits per heavy atom. The van der Waals surface area contributed by atoms with Crippen LogP contribution < -0.4 is 16.2 Å². The minimum Gasteiger partial charge on any atom is -0.381 e. The quantitative estimate of drug-likeness (QED) is 0.550. The molecular weight excluding hydrogens is 483 g/mol. The molecule has 2 N–H and O–H groups in total. The predicted octanol–water partition coefficient (Wildman–Crippen LogP) is 4.14. The van der Waals surface area contributed by atoms with E-state index in [-0.39, 0.29) is 22.9 Å². The summed E-state index contributed by atoms with van der Waals surface area (Å²) in [5.74, 6) is -7.61. The minimum absolute atomic E-state index is 0.0418. The van der Waals surface area contributed by atoms with Gasteiger partial charge in [-0.1, -0.05) is 18.2 Å². The second kappa shape index (κ2) is 8.29. The van der Waals surface area contributed by atoms with Crippen LogP contribution in [0.15, 0.2) is 35.3 Å². The maximum atomic E-state index is 14.8. The van der Waals surface area contributed by atoms with E-state index in [4.69, 9.17) is 0 Å². The highest BCUT2D eigenvalue weighted by molar-refractivity contribution is 5.99. The first-order valence-corrected chi connectivity index (χ1v) is 11.8. The van der Waals surface area contributed by atoms with Gasteiger partial charge in [0.1, 0.15) is 11.9 Å². The summed E-state index contributed by atoms with van der Waals surface area (Å²) in [6, 6.07) is 2.39. The molecule has 1 aromatic heterocycles. The first-order chi connectivity index (χ1) is 16.8. The molecule has 194 valence electrons. The number of benzene rings is 1. The molecule has 0 radical (unpaired) electrons. The monoisotopic (exact) mass is 510 g/mol. The van der Waals surface area contributed by atoms with Gasteiger partial charge in [-0.2, -0.15) is 0 Å². The highest BCUT2D eigenvalue weighted by Crippen LogP contribution is 2.52. The molecule has 6 nitrogen and oxygen atoms in total. The number of hydrogen-bond acceptors (Lipinski definition) is 4. The van der Waals surface area contributed by atoms with Crippen LogP contribution in [0.5, 0.6) is 0 Å². The van der Waals surface area contributed by atoms with Crippen molar-refractivity contribution in [1.82, 2.24) is 14.8 Å². The topological polar surface area (TPSA) is 66.4 Å². The summed E-state index contributed by atoms with van der Waals surface area (Å²) in [7, 11) is 2.00. The molecule has 5 atom stereocenters. The molecule has 3 aliphatic rings. The smallest absolute Gasteiger partial charge is 0.273 e. The van der Waals surface area contributed by atoms with Crippen LogP contribution in [0.4, 0.5) is 27.6 Å². The molecule has 0 bridgehead atoms. The number of alkyl halides is 4. The van der Waals surface area contributed by atoms with Gasteiger partial charge in [-0.05, 0) is 25.8 Å². The van der Waals surface area contributed by atoms with E-state index >= 15 is 0 Å². The van der Waals surface area contributed by atoms with Crippen molar-refractivity contribution in [2.45, 2.75) is 50.2 Å². The number of nitrogens with zero attached hydrogens (tertiary/aromatic N) is 2. The Bertz CT molecular complexity index is 1260. The number of likely N-dealkylation sites (tertiary alicyclic amines) is 1. The maximum absolute atomic E-state index is 14.8. The number of carbonyl (C=O) groups is 1. The number of piperidine rings is 1. The van der Waals surface area contributed by atoms with Crippen molar-refractivity contribution in [2.75, 3.05) is 25.5 Å². The fraction of sp³-hybridized carbons (Fsp3) is 0.520. The van der Waals surface area contributed by atoms with E-state index in [0.29, 0.717) is 18.8 Å². The van der Waals surface area contributed by atoms with Crippen molar-refractivity contribution in [3.8, 4) is 0 Å². The standard InChI is InChI=1S/C25H27F5N4O2/c1-12(13-5-4-6-17(21(13)26)24(2,27)28)31-23(36)16-11-34(19-8-25(19,29)30)20(35)7-18(16)32-22-14-9-33(3)10-15(14)22/h4-7,11-12,14-15,19,22,32H,8-10H2,1-3H3,(H,31,36)/t12-,14-,15+,19+,22-/m1/s1. The summed E-state index contributed by atoms with van der Waals surface area (Å²) >= 11 is 0. The van der Waals surface area contributed by atoms with Gasteiger partial charge < -0.3 is 20.1 Å². The maximum Gasteiger partial charge on any atom is 0.273 e. The number of fused-ring (bicyclic) bond motifs is 1. The van der Waals surface area contributed by atoms with Crippen LogP contribution in [0.1, 0.15) is 53.8 Å². The summed E-state index contributed by atoms with van der Waals surface area (Å²) < 4.78 is 70.7. The van der Waals surface area contributed by atoms with Crippen molar-refractivity contribution >= 4 is 11.6 Å². The lowest BCUT2D eigenvalue weighted by atomic mass is 10.0. The first kappa shape index (κ1) is 24.7. The summed E-state index contributed by atoms with van der Waals surface area (Å²) in [5.41, 5.74) is -1.42. The van der Waals surface area contributed by atoms with Crippen LogP contribution in [0.2, 0.25) is 0 Å². The third-order valence-electron chi connectivity index (χ3n) is 7.47. The van der Waals surface area contributed by atoms with Gasteiger partial charge in [0.05, 0.1) is 22.9 Å². The van der Waals surface area contributed by atoms with E-state index in [2.05, 4.69) is 15.5 Å². The van der Waals surface area contributed by atoms with E-state index in [1.165, 1.54) is 19.1 Å². The Hall–Kier alpha value is -2.95. The fourth-order valence-corrected chi connectivity index (χ4v) is 5.30. The Morgan fingerprint density at radius 1 is 1.22 bits per heavy atom. The number of halogens is 5. The van der Waals surface area contributed by atoms with Gasteiger partial charge in [-0.3, -0.25) is 9.59 Å². The fourth-order valence-electron chi connectivity index (χ4n) is 5.30. The summed E-state index contributed by atoms with van der Waals surface area (Å²) in [5, 5.41) is 5.80. The Labute approximate surface area is 204 Å². The number of rotatable bonds is 7. The van der Waals surface area contributed by atoms with Gasteiger partial charge in [-0.15, -0.1) is 0 Å². The molecule has 2 aromatic rings. The molecule has 2 heterocycles. The zero-order valence-electron chi connectivity index (χ0n) is 20.0. The molecule has 5 rings (SSSR count). The SMILES string of the molecule is C[C@@H](NC(=O)c1cn([C@H]2CC2(F)F)c(=O)cc1N[C@@H]1[C@@H]2CN(C)C[C@@H]21)c1cccc(C(C)(F)F)c1F. The number of pyridine rings is 1. The van der Waals surface area contributed by atoms with Crippen molar-refractivity contribution < 1.29 is 26.7 Å². The first-order valence-electron chi connectivity index (χ1n) is 11.8. The summed E-state index contributed by atoms with van der Waals surface area (Å²) in [4.78, 5) is 28.1. The summed E-state index contributed by atoms with van der Waals surface area (Å²) in [6.07, 6.45) is 0.606. The van der Waals surface area contributed by atoms with Gasteiger partial charge in [0.2, 0.25) is 0 Å². The van der Waals surface area contributed by atoms with Crippen LogP contribution >= 0.6 is 0 Å². The van der Waals surface area contributed by atoms with Crippen molar-refractivity contribution in [1.29, 1.82) is 0 Å². The second-order valence-electron chi connectivity index (χ2n) is 10.3. The van der Waals surface area contributed by atoms with Gasteiger partial charge in [-0.25, -0.2) is 22.0 Å². The normalized spacial score (nSPS) is 27.3. The average molecular weight is 511 g/mol. The third-order valence-corrected chi connectivity index (χ3v) is 7.47. The van der Waals surface area contributed by atoms with E-state index in [1.807, 2.05) is 7.05 Å². The zero-order valence-corrected chi connectivity index (χ0v) is 20.0. The number of nitrogens with one attached hydrogen (secondary N) is 2. The number of hydrogen-bond donors (Lipinski definition) is 2. The van der Waals surface area contributed by atoms with Crippen molar-refractivity contribution in [2.24, 2.45) is 11.8 Å². The number of aromatic nitrogens is 1. The average Bonchev–Trinajstić information content (AvgIpc) is 3.54. The molecule has 0 unspecified atom stereocenters. The Morgan fingerprint density at radius 3 is 2.44 bits per heavy atom. The Balaban J connectivity index is 1.43. The van der Waals surface area contributed by atoms with Crippen molar-refractivity contribution in [3.05, 3.63) is 63.3 Å². The van der Waals surface area contributed by atoms with E-state index < -0.39 is 53.2 Å². The third kappa shape index (κ3) is 4.38. The zero-order chi connectivity index (χ0) is 26.2. The molecule has 1 amide bonds. The van der Waals surface area contributed by atoms with Gasteiger partial charge >= 0.3 is 0 Å². The lowest BCUT2D eigenvalue weighted by molar-refractivity contribution is 0.0135. The molecule has 2 aliphatic carbocycles. The minimum atomic E-state index is -3.41. The number of carbonyl (C=O) groups excluding carboxylic acids is 1. The highest BCUT2D eigenvalue weighted by atomic mass is 19.3. The lowest BCUT2D eigenvalue weighted by Crippen LogP contribution is -2.32. The van der Waals surface area contributed by atoms with E-state index in [9.17, 15) is 31.5 Å².